The van der Waals surface area contributed by atoms with E-state index in [2.05, 4.69) is 0 Å². The van der Waals surface area contributed by atoms with Gasteiger partial charge in [-0.05, 0) is 42.4 Å². The van der Waals surface area contributed by atoms with Gasteiger partial charge >= 0.3 is 0 Å². The lowest BCUT2D eigenvalue weighted by molar-refractivity contribution is 0.0795. The van der Waals surface area contributed by atoms with E-state index in [0.717, 1.165) is 16.9 Å². The zero-order valence-corrected chi connectivity index (χ0v) is 14.1. The Bertz CT molecular complexity index is 618. The predicted octanol–water partition coefficient (Wildman–Crippen LogP) is 3.05. The van der Waals surface area contributed by atoms with E-state index in [1.54, 1.807) is 19.2 Å². The molecule has 0 aliphatic carbocycles. The molecule has 0 radical (unpaired) electrons. The van der Waals surface area contributed by atoms with Crippen LogP contribution in [0.15, 0.2) is 48.5 Å². The first-order chi connectivity index (χ1) is 11.0. The molecular weight excluding hydrogens is 314 g/mol. The minimum Gasteiger partial charge on any atom is -0.497 e. The van der Waals surface area contributed by atoms with Crippen LogP contribution in [0, 0.1) is 0 Å². The van der Waals surface area contributed by atoms with Crippen molar-refractivity contribution < 1.29 is 14.9 Å². The topological polar surface area (TPSA) is 52.9 Å². The van der Waals surface area contributed by atoms with Crippen molar-refractivity contribution in [3.05, 3.63) is 64.7 Å². The van der Waals surface area contributed by atoms with Gasteiger partial charge in [-0.15, -0.1) is 0 Å². The van der Waals surface area contributed by atoms with Crippen molar-refractivity contribution in [2.24, 2.45) is 0 Å². The fourth-order valence-corrected chi connectivity index (χ4v) is 2.74. The number of aliphatic hydroxyl groups excluding tert-OH is 2. The summed E-state index contributed by atoms with van der Waals surface area (Å²) in [7, 11) is 3.49. The summed E-state index contributed by atoms with van der Waals surface area (Å²) in [6.45, 7) is 0.350. The first-order valence-corrected chi connectivity index (χ1v) is 7.81. The molecule has 2 atom stereocenters. The van der Waals surface area contributed by atoms with E-state index >= 15 is 0 Å². The first-order valence-electron chi connectivity index (χ1n) is 7.43. The molecular formula is C18H22ClNO3. The van der Waals surface area contributed by atoms with Crippen LogP contribution in [0.2, 0.25) is 5.02 Å². The fraction of sp³-hybridized carbons (Fsp3) is 0.333. The number of rotatable bonds is 7. The van der Waals surface area contributed by atoms with Gasteiger partial charge in [-0.1, -0.05) is 35.9 Å². The molecule has 0 aromatic heterocycles. The van der Waals surface area contributed by atoms with Crippen molar-refractivity contribution in [1.29, 1.82) is 0 Å². The van der Waals surface area contributed by atoms with E-state index in [1.807, 2.05) is 48.3 Å². The van der Waals surface area contributed by atoms with Gasteiger partial charge in [0.15, 0.2) is 0 Å². The van der Waals surface area contributed by atoms with Crippen molar-refractivity contribution in [3.63, 3.8) is 0 Å². The SMILES string of the molecule is COc1ccc([C@@H](CO)N(C)C[C@@H](O)c2cccc(Cl)c2)cc1. The van der Waals surface area contributed by atoms with Crippen LogP contribution in [0.5, 0.6) is 5.75 Å². The smallest absolute Gasteiger partial charge is 0.118 e. The monoisotopic (exact) mass is 335 g/mol. The fourth-order valence-electron chi connectivity index (χ4n) is 2.54. The molecule has 0 spiro atoms. The molecule has 0 amide bonds. The summed E-state index contributed by atoms with van der Waals surface area (Å²) >= 11 is 5.96. The molecule has 0 fully saturated rings. The van der Waals surface area contributed by atoms with E-state index in [0.29, 0.717) is 11.6 Å². The number of halogens is 1. The molecule has 5 heteroatoms. The summed E-state index contributed by atoms with van der Waals surface area (Å²) in [5.74, 6) is 0.770. The molecule has 0 saturated heterocycles. The molecule has 0 bridgehead atoms. The van der Waals surface area contributed by atoms with E-state index in [-0.39, 0.29) is 12.6 Å². The van der Waals surface area contributed by atoms with Crippen molar-refractivity contribution in [2.75, 3.05) is 27.3 Å². The predicted molar refractivity (Wildman–Crippen MR) is 91.9 cm³/mol. The highest BCUT2D eigenvalue weighted by Gasteiger charge is 2.20. The largest absolute Gasteiger partial charge is 0.497 e. The maximum Gasteiger partial charge on any atom is 0.118 e. The molecule has 2 rings (SSSR count). The zero-order chi connectivity index (χ0) is 16.8. The average molecular weight is 336 g/mol. The Labute approximate surface area is 141 Å². The maximum absolute atomic E-state index is 10.4. The van der Waals surface area contributed by atoms with Gasteiger partial charge in [-0.3, -0.25) is 4.90 Å². The summed E-state index contributed by atoms with van der Waals surface area (Å²) in [5, 5.41) is 20.7. The Balaban J connectivity index is 2.08. The highest BCUT2D eigenvalue weighted by Crippen LogP contribution is 2.25. The van der Waals surface area contributed by atoms with E-state index in [4.69, 9.17) is 16.3 Å². The van der Waals surface area contributed by atoms with Crippen LogP contribution in [-0.2, 0) is 0 Å². The van der Waals surface area contributed by atoms with Gasteiger partial charge < -0.3 is 14.9 Å². The van der Waals surface area contributed by atoms with Crippen LogP contribution in [0.25, 0.3) is 0 Å². The average Bonchev–Trinajstić information content (AvgIpc) is 2.56. The van der Waals surface area contributed by atoms with Crippen LogP contribution < -0.4 is 4.74 Å². The first kappa shape index (κ1) is 17.8. The highest BCUT2D eigenvalue weighted by atomic mass is 35.5. The van der Waals surface area contributed by atoms with Crippen LogP contribution in [0.4, 0.5) is 0 Å². The van der Waals surface area contributed by atoms with Gasteiger partial charge in [0.25, 0.3) is 0 Å². The molecule has 0 saturated carbocycles. The normalized spacial score (nSPS) is 13.8. The van der Waals surface area contributed by atoms with E-state index in [1.165, 1.54) is 0 Å². The minimum absolute atomic E-state index is 0.0366. The Morgan fingerprint density at radius 2 is 1.83 bits per heavy atom. The standard InChI is InChI=1S/C18H22ClNO3/c1-20(11-18(22)14-4-3-5-15(19)10-14)17(12-21)13-6-8-16(23-2)9-7-13/h3-10,17-18,21-22H,11-12H2,1-2H3/t17-,18-/m1/s1. The van der Waals surface area contributed by atoms with Gasteiger partial charge in [0, 0.05) is 11.6 Å². The third-order valence-corrected chi connectivity index (χ3v) is 4.14. The van der Waals surface area contributed by atoms with Crippen LogP contribution in [-0.4, -0.2) is 42.4 Å². The maximum atomic E-state index is 10.4. The van der Waals surface area contributed by atoms with Gasteiger partial charge in [0.2, 0.25) is 0 Å². The molecule has 2 aromatic rings. The summed E-state index contributed by atoms with van der Waals surface area (Å²) in [4.78, 5) is 1.92. The minimum atomic E-state index is -0.675. The molecule has 0 unspecified atom stereocenters. The molecule has 2 N–H and O–H groups in total. The summed E-state index contributed by atoms with van der Waals surface area (Å²) in [6.07, 6.45) is -0.675. The second-order valence-electron chi connectivity index (χ2n) is 5.48. The van der Waals surface area contributed by atoms with Crippen molar-refractivity contribution in [1.82, 2.24) is 4.90 Å². The lowest BCUT2D eigenvalue weighted by Crippen LogP contribution is -2.31. The van der Waals surface area contributed by atoms with Gasteiger partial charge in [0.1, 0.15) is 5.75 Å². The van der Waals surface area contributed by atoms with E-state index in [9.17, 15) is 10.2 Å². The second kappa shape index (κ2) is 8.31. The number of aliphatic hydroxyl groups is 2. The molecule has 4 nitrogen and oxygen atoms in total. The van der Waals surface area contributed by atoms with Crippen LogP contribution >= 0.6 is 11.6 Å². The third kappa shape index (κ3) is 4.69. The number of nitrogens with zero attached hydrogens (tertiary/aromatic N) is 1. The van der Waals surface area contributed by atoms with Gasteiger partial charge in [0.05, 0.1) is 25.9 Å². The number of benzene rings is 2. The lowest BCUT2D eigenvalue weighted by atomic mass is 10.0. The number of methoxy groups -OCH3 is 1. The third-order valence-electron chi connectivity index (χ3n) is 3.90. The lowest BCUT2D eigenvalue weighted by Gasteiger charge is -2.29. The Morgan fingerprint density at radius 3 is 2.39 bits per heavy atom. The number of hydrogen-bond donors (Lipinski definition) is 2. The van der Waals surface area contributed by atoms with Gasteiger partial charge in [-0.2, -0.15) is 0 Å². The van der Waals surface area contributed by atoms with Crippen molar-refractivity contribution in [3.8, 4) is 5.75 Å². The van der Waals surface area contributed by atoms with Crippen LogP contribution in [0.3, 0.4) is 0 Å². The number of ether oxygens (including phenoxy) is 1. The van der Waals surface area contributed by atoms with Gasteiger partial charge in [-0.25, -0.2) is 0 Å². The molecule has 23 heavy (non-hydrogen) atoms. The quantitative estimate of drug-likeness (QED) is 0.816. The molecule has 2 aromatic carbocycles. The highest BCUT2D eigenvalue weighted by molar-refractivity contribution is 6.30. The molecule has 0 aliphatic rings. The van der Waals surface area contributed by atoms with Crippen molar-refractivity contribution in [2.45, 2.75) is 12.1 Å². The molecule has 0 aliphatic heterocycles. The molecule has 124 valence electrons. The molecule has 0 heterocycles. The Morgan fingerprint density at radius 1 is 1.13 bits per heavy atom. The number of likely N-dealkylation sites (N-methyl/N-ethyl adjacent to an activating group) is 1. The zero-order valence-electron chi connectivity index (χ0n) is 13.3. The summed E-state index contributed by atoms with van der Waals surface area (Å²) in [5.41, 5.74) is 1.73. The number of hydrogen-bond acceptors (Lipinski definition) is 4. The Hall–Kier alpha value is -1.59. The van der Waals surface area contributed by atoms with E-state index < -0.39 is 6.10 Å². The Kier molecular flexibility index (Phi) is 6.42. The second-order valence-corrected chi connectivity index (χ2v) is 5.92. The van der Waals surface area contributed by atoms with Crippen molar-refractivity contribution >= 4 is 11.6 Å². The van der Waals surface area contributed by atoms with Crippen LogP contribution in [0.1, 0.15) is 23.3 Å². The summed E-state index contributed by atoms with van der Waals surface area (Å²) < 4.78 is 5.15. The summed E-state index contributed by atoms with van der Waals surface area (Å²) in [6, 6.07) is 14.5.